The van der Waals surface area contributed by atoms with Crippen molar-refractivity contribution in [3.8, 4) is 0 Å². The fraction of sp³-hybridized carbons (Fsp3) is 1.00. The molecular weight excluding hydrogens is 390 g/mol. The van der Waals surface area contributed by atoms with Gasteiger partial charge in [-0.1, -0.05) is 56.4 Å². The molecule has 0 radical (unpaired) electrons. The van der Waals surface area contributed by atoms with Gasteiger partial charge in [-0.05, 0) is 58.3 Å². The molecule has 0 aliphatic carbocycles. The van der Waals surface area contributed by atoms with Crippen molar-refractivity contribution in [3.63, 3.8) is 0 Å². The van der Waals surface area contributed by atoms with Crippen LogP contribution in [0, 0.1) is 17.8 Å². The van der Waals surface area contributed by atoms with Crippen LogP contribution in [0.15, 0.2) is 0 Å². The maximum absolute atomic E-state index is 5.37. The summed E-state index contributed by atoms with van der Waals surface area (Å²) in [6.45, 7) is 17.9. The lowest BCUT2D eigenvalue weighted by Gasteiger charge is -2.34. The number of nitrogens with zero attached hydrogens (tertiary/aromatic N) is 3. The van der Waals surface area contributed by atoms with Crippen LogP contribution in [-0.4, -0.2) is 91.9 Å². The molecule has 3 fully saturated rings. The first-order chi connectivity index (χ1) is 13.1. The lowest BCUT2D eigenvalue weighted by Crippen LogP contribution is -2.45. The van der Waals surface area contributed by atoms with Gasteiger partial charge in [0.05, 0.1) is 13.2 Å². The molecule has 0 saturated carbocycles. The summed E-state index contributed by atoms with van der Waals surface area (Å²) >= 11 is 2.04. The van der Waals surface area contributed by atoms with E-state index < -0.39 is 0 Å². The summed E-state index contributed by atoms with van der Waals surface area (Å²) in [5.74, 6) is 4.93. The minimum atomic E-state index is 0. The van der Waals surface area contributed by atoms with Gasteiger partial charge in [0.15, 0.2) is 0 Å². The quantitative estimate of drug-likeness (QED) is 0.556. The summed E-state index contributed by atoms with van der Waals surface area (Å²) in [5.41, 5.74) is 0. The smallest absolute Gasteiger partial charge is 0.0624 e. The van der Waals surface area contributed by atoms with Crippen molar-refractivity contribution < 1.29 is 4.74 Å². The lowest BCUT2D eigenvalue weighted by molar-refractivity contribution is -0.0111. The van der Waals surface area contributed by atoms with E-state index in [0.717, 1.165) is 43.7 Å². The molecular formula is C25H57N3OS. The molecule has 0 bridgehead atoms. The molecule has 0 spiro atoms. The molecule has 0 N–H and O–H groups in total. The van der Waals surface area contributed by atoms with Crippen LogP contribution in [0.4, 0.5) is 0 Å². The molecule has 4 nitrogen and oxygen atoms in total. The molecule has 0 amide bonds. The van der Waals surface area contributed by atoms with Gasteiger partial charge in [-0.3, -0.25) is 9.80 Å². The second-order valence-corrected chi connectivity index (χ2v) is 10.9. The third-order valence-electron chi connectivity index (χ3n) is 6.48. The molecule has 184 valence electrons. The number of hydrogen-bond acceptors (Lipinski definition) is 5. The third kappa shape index (κ3) is 11.2. The van der Waals surface area contributed by atoms with Gasteiger partial charge in [0.1, 0.15) is 0 Å². The average Bonchev–Trinajstić information content (AvgIpc) is 3.24. The first-order valence-corrected chi connectivity index (χ1v) is 12.6. The number of likely N-dealkylation sites (N-methyl/N-ethyl adjacent to an activating group) is 1. The van der Waals surface area contributed by atoms with Gasteiger partial charge in [-0.25, -0.2) is 0 Å². The highest BCUT2D eigenvalue weighted by Crippen LogP contribution is 2.23. The van der Waals surface area contributed by atoms with Gasteiger partial charge in [0.25, 0.3) is 0 Å². The van der Waals surface area contributed by atoms with E-state index in [-0.39, 0.29) is 14.9 Å². The van der Waals surface area contributed by atoms with Crippen molar-refractivity contribution in [3.05, 3.63) is 0 Å². The Morgan fingerprint density at radius 2 is 1.27 bits per heavy atom. The van der Waals surface area contributed by atoms with E-state index >= 15 is 0 Å². The highest BCUT2D eigenvalue weighted by molar-refractivity contribution is 7.99. The molecule has 3 aliphatic heterocycles. The molecule has 3 rings (SSSR count). The highest BCUT2D eigenvalue weighted by atomic mass is 32.2. The number of ether oxygens (including phenoxy) is 1. The van der Waals surface area contributed by atoms with Crippen LogP contribution in [0.2, 0.25) is 0 Å². The Morgan fingerprint density at radius 1 is 0.733 bits per heavy atom. The molecule has 3 heterocycles. The summed E-state index contributed by atoms with van der Waals surface area (Å²) in [4.78, 5) is 7.30. The molecule has 3 aliphatic rings. The van der Waals surface area contributed by atoms with Gasteiger partial charge in [0, 0.05) is 36.3 Å². The van der Waals surface area contributed by atoms with Gasteiger partial charge >= 0.3 is 0 Å². The number of hydrogen-bond donors (Lipinski definition) is 0. The molecule has 0 aromatic heterocycles. The molecule has 5 heteroatoms. The molecule has 3 unspecified atom stereocenters. The van der Waals surface area contributed by atoms with Crippen molar-refractivity contribution >= 4 is 11.8 Å². The Labute approximate surface area is 195 Å². The topological polar surface area (TPSA) is 19.0 Å². The van der Waals surface area contributed by atoms with E-state index in [0.29, 0.717) is 12.0 Å². The molecule has 30 heavy (non-hydrogen) atoms. The SMILES string of the molecule is C.C.CC(C)C1CCCN1C.CC(C)C1COCCN1C.CC(C)C1CSCN1C. The third-order valence-corrected chi connectivity index (χ3v) is 7.65. The Kier molecular flexibility index (Phi) is 18.1. The Bertz CT molecular complexity index is 382. The fourth-order valence-electron chi connectivity index (χ4n) is 4.43. The zero-order valence-corrected chi connectivity index (χ0v) is 21.1. The predicted octanol–water partition coefficient (Wildman–Crippen LogP) is 5.63. The molecule has 0 aromatic carbocycles. The van der Waals surface area contributed by atoms with E-state index in [4.69, 9.17) is 4.74 Å². The van der Waals surface area contributed by atoms with Gasteiger partial charge < -0.3 is 9.64 Å². The maximum Gasteiger partial charge on any atom is 0.0624 e. The van der Waals surface area contributed by atoms with Crippen LogP contribution in [0.25, 0.3) is 0 Å². The summed E-state index contributed by atoms with van der Waals surface area (Å²) in [6.07, 6.45) is 2.81. The zero-order valence-electron chi connectivity index (χ0n) is 20.3. The predicted molar refractivity (Wildman–Crippen MR) is 140 cm³/mol. The minimum Gasteiger partial charge on any atom is -0.378 e. The van der Waals surface area contributed by atoms with Crippen molar-refractivity contribution in [1.29, 1.82) is 0 Å². The van der Waals surface area contributed by atoms with Crippen LogP contribution in [0.5, 0.6) is 0 Å². The minimum absolute atomic E-state index is 0. The van der Waals surface area contributed by atoms with E-state index in [2.05, 4.69) is 77.4 Å². The second-order valence-electron chi connectivity index (χ2n) is 9.87. The summed E-state index contributed by atoms with van der Waals surface area (Å²) < 4.78 is 5.37. The van der Waals surface area contributed by atoms with E-state index in [1.165, 1.54) is 31.0 Å². The Balaban J connectivity index is 0. The first-order valence-electron chi connectivity index (χ1n) is 11.4. The molecule has 0 aromatic rings. The molecule has 3 atom stereocenters. The first kappa shape index (κ1) is 32.4. The van der Waals surface area contributed by atoms with Crippen LogP contribution >= 0.6 is 11.8 Å². The largest absolute Gasteiger partial charge is 0.378 e. The molecule has 3 saturated heterocycles. The van der Waals surface area contributed by atoms with Crippen molar-refractivity contribution in [2.75, 3.05) is 59.1 Å². The number of likely N-dealkylation sites (tertiary alicyclic amines) is 1. The highest BCUT2D eigenvalue weighted by Gasteiger charge is 2.24. The lowest BCUT2D eigenvalue weighted by atomic mass is 10.0. The van der Waals surface area contributed by atoms with Gasteiger partial charge in [-0.15, -0.1) is 11.8 Å². The van der Waals surface area contributed by atoms with Crippen molar-refractivity contribution in [2.45, 2.75) is 87.4 Å². The number of morpholine rings is 1. The summed E-state index contributed by atoms with van der Waals surface area (Å²) in [6, 6.07) is 2.33. The standard InChI is InChI=1S/C8H17NO.C8H17N.C7H15NS.2CH4/c1-7(2)8-6-10-5-4-9(8)3;1-7(2)8-5-4-6-9(8)3;1-6(2)7-4-9-5-8(7)3;;/h7-8H,4-6H2,1-3H3;7-8H,4-6H2,1-3H3;6-7H,4-5H2,1-3H3;2*1H4. The summed E-state index contributed by atoms with van der Waals surface area (Å²) in [5, 5.41) is 0. The van der Waals surface area contributed by atoms with Crippen LogP contribution in [0.3, 0.4) is 0 Å². The van der Waals surface area contributed by atoms with Crippen LogP contribution in [0.1, 0.15) is 69.2 Å². The average molecular weight is 448 g/mol. The Hall–Kier alpha value is 0.190. The van der Waals surface area contributed by atoms with Crippen LogP contribution < -0.4 is 0 Å². The number of rotatable bonds is 3. The van der Waals surface area contributed by atoms with Crippen molar-refractivity contribution in [2.24, 2.45) is 17.8 Å². The van der Waals surface area contributed by atoms with E-state index in [1.54, 1.807) is 0 Å². The normalized spacial score (nSPS) is 27.8. The number of thioether (sulfide) groups is 1. The zero-order chi connectivity index (χ0) is 21.3. The Morgan fingerprint density at radius 3 is 1.53 bits per heavy atom. The van der Waals surface area contributed by atoms with Crippen LogP contribution in [-0.2, 0) is 4.74 Å². The van der Waals surface area contributed by atoms with E-state index in [1.807, 2.05) is 11.8 Å². The second kappa shape index (κ2) is 16.8. The summed E-state index contributed by atoms with van der Waals surface area (Å²) in [7, 11) is 6.62. The monoisotopic (exact) mass is 447 g/mol. The maximum atomic E-state index is 5.37. The van der Waals surface area contributed by atoms with E-state index in [9.17, 15) is 0 Å². The van der Waals surface area contributed by atoms with Gasteiger partial charge in [-0.2, -0.15) is 0 Å². The van der Waals surface area contributed by atoms with Gasteiger partial charge in [0.2, 0.25) is 0 Å². The van der Waals surface area contributed by atoms with Crippen molar-refractivity contribution in [1.82, 2.24) is 14.7 Å². The fourth-order valence-corrected chi connectivity index (χ4v) is 5.89.